The summed E-state index contributed by atoms with van der Waals surface area (Å²) >= 11 is 0. The lowest BCUT2D eigenvalue weighted by Gasteiger charge is -2.26. The van der Waals surface area contributed by atoms with E-state index in [0.717, 1.165) is 43.4 Å². The van der Waals surface area contributed by atoms with Crippen LogP contribution in [0.3, 0.4) is 0 Å². The van der Waals surface area contributed by atoms with Crippen LogP contribution >= 0.6 is 24.0 Å². The summed E-state index contributed by atoms with van der Waals surface area (Å²) in [4.78, 5) is 8.84. The highest BCUT2D eigenvalue weighted by atomic mass is 127. The molecule has 0 fully saturated rings. The first kappa shape index (κ1) is 22.4. The van der Waals surface area contributed by atoms with Crippen molar-refractivity contribution in [2.24, 2.45) is 4.99 Å². The number of aromatic nitrogens is 3. The lowest BCUT2D eigenvalue weighted by molar-refractivity contribution is 0.223. The predicted molar refractivity (Wildman–Crippen MR) is 118 cm³/mol. The summed E-state index contributed by atoms with van der Waals surface area (Å²) in [5.74, 6) is 3.07. The number of benzene rings is 1. The molecule has 0 saturated heterocycles. The van der Waals surface area contributed by atoms with Gasteiger partial charge in [0.2, 0.25) is 0 Å². The standard InChI is InChI=1S/C19H27FN6O.HI/c1-4-17-24-18-10-7-15(12-26(18)25-17)23-19(21-3)22-11-13(2)27-16-8-5-14(20)6-9-16;/h5-6,8-9,13,15H,4,7,10-12H2,1-3H3,(H2,21,22,23);1H. The summed E-state index contributed by atoms with van der Waals surface area (Å²) in [7, 11) is 1.75. The highest BCUT2D eigenvalue weighted by Gasteiger charge is 2.22. The number of hydrogen-bond acceptors (Lipinski definition) is 4. The molecule has 0 amide bonds. The Labute approximate surface area is 182 Å². The first-order valence-corrected chi connectivity index (χ1v) is 9.39. The van der Waals surface area contributed by atoms with Crippen LogP contribution in [0.25, 0.3) is 0 Å². The summed E-state index contributed by atoms with van der Waals surface area (Å²) in [5, 5.41) is 11.3. The van der Waals surface area contributed by atoms with Crippen molar-refractivity contribution in [2.75, 3.05) is 13.6 Å². The molecule has 2 atom stereocenters. The van der Waals surface area contributed by atoms with Crippen LogP contribution in [-0.2, 0) is 19.4 Å². The molecule has 3 rings (SSSR count). The van der Waals surface area contributed by atoms with E-state index in [9.17, 15) is 4.39 Å². The van der Waals surface area contributed by atoms with E-state index in [-0.39, 0.29) is 41.9 Å². The zero-order chi connectivity index (χ0) is 19.2. The minimum absolute atomic E-state index is 0. The van der Waals surface area contributed by atoms with Crippen LogP contribution in [0.15, 0.2) is 29.3 Å². The maximum atomic E-state index is 13.0. The molecule has 2 heterocycles. The Bertz CT molecular complexity index is 779. The first-order valence-electron chi connectivity index (χ1n) is 9.39. The lowest BCUT2D eigenvalue weighted by atomic mass is 10.1. The number of aliphatic imine (C=N–C) groups is 1. The summed E-state index contributed by atoms with van der Waals surface area (Å²) in [5.41, 5.74) is 0. The van der Waals surface area contributed by atoms with Crippen molar-refractivity contribution in [1.82, 2.24) is 25.4 Å². The van der Waals surface area contributed by atoms with Gasteiger partial charge in [-0.3, -0.25) is 4.99 Å². The van der Waals surface area contributed by atoms with Gasteiger partial charge in [0.05, 0.1) is 13.1 Å². The van der Waals surface area contributed by atoms with Crippen LogP contribution in [0, 0.1) is 5.82 Å². The van der Waals surface area contributed by atoms with Crippen molar-refractivity contribution >= 4 is 29.9 Å². The summed E-state index contributed by atoms with van der Waals surface area (Å²) < 4.78 is 20.7. The second kappa shape index (κ2) is 10.6. The number of rotatable bonds is 6. The Morgan fingerprint density at radius 3 is 2.82 bits per heavy atom. The van der Waals surface area contributed by atoms with Crippen molar-refractivity contribution in [3.63, 3.8) is 0 Å². The summed E-state index contributed by atoms with van der Waals surface area (Å²) in [6.07, 6.45) is 2.66. The molecule has 0 aliphatic carbocycles. The molecule has 1 aromatic carbocycles. The Morgan fingerprint density at radius 1 is 1.39 bits per heavy atom. The van der Waals surface area contributed by atoms with Gasteiger partial charge in [0.25, 0.3) is 0 Å². The van der Waals surface area contributed by atoms with E-state index in [2.05, 4.69) is 32.6 Å². The highest BCUT2D eigenvalue weighted by Crippen LogP contribution is 2.14. The fraction of sp³-hybridized carbons (Fsp3) is 0.526. The largest absolute Gasteiger partial charge is 0.489 e. The van der Waals surface area contributed by atoms with Crippen molar-refractivity contribution < 1.29 is 9.13 Å². The van der Waals surface area contributed by atoms with Gasteiger partial charge in [-0.25, -0.2) is 14.1 Å². The van der Waals surface area contributed by atoms with Crippen LogP contribution in [-0.4, -0.2) is 46.5 Å². The molecule has 0 radical (unpaired) electrons. The number of fused-ring (bicyclic) bond motifs is 1. The van der Waals surface area contributed by atoms with Crippen molar-refractivity contribution in [1.29, 1.82) is 0 Å². The molecule has 1 aromatic heterocycles. The molecule has 7 nitrogen and oxygen atoms in total. The van der Waals surface area contributed by atoms with Gasteiger partial charge in [0.15, 0.2) is 11.8 Å². The van der Waals surface area contributed by atoms with Crippen molar-refractivity contribution in [2.45, 2.75) is 51.8 Å². The van der Waals surface area contributed by atoms with E-state index in [1.807, 2.05) is 11.6 Å². The summed E-state index contributed by atoms with van der Waals surface area (Å²) in [6, 6.07) is 6.29. The minimum atomic E-state index is -0.271. The molecule has 0 saturated carbocycles. The van der Waals surface area contributed by atoms with Gasteiger partial charge in [0.1, 0.15) is 23.5 Å². The van der Waals surface area contributed by atoms with Gasteiger partial charge < -0.3 is 15.4 Å². The lowest BCUT2D eigenvalue weighted by Crippen LogP contribution is -2.48. The van der Waals surface area contributed by atoms with Crippen LogP contribution in [0.4, 0.5) is 4.39 Å². The van der Waals surface area contributed by atoms with Crippen molar-refractivity contribution in [3.05, 3.63) is 41.7 Å². The average Bonchev–Trinajstić information content (AvgIpc) is 3.09. The van der Waals surface area contributed by atoms with E-state index in [1.54, 1.807) is 19.2 Å². The molecular formula is C19H28FIN6O. The van der Waals surface area contributed by atoms with Gasteiger partial charge in [-0.1, -0.05) is 6.92 Å². The number of guanidine groups is 1. The quantitative estimate of drug-likeness (QED) is 0.361. The highest BCUT2D eigenvalue weighted by molar-refractivity contribution is 14.0. The zero-order valence-electron chi connectivity index (χ0n) is 16.5. The fourth-order valence-electron chi connectivity index (χ4n) is 3.04. The van der Waals surface area contributed by atoms with E-state index in [4.69, 9.17) is 4.74 Å². The van der Waals surface area contributed by atoms with Gasteiger partial charge in [0, 0.05) is 25.9 Å². The molecule has 154 valence electrons. The molecule has 0 bridgehead atoms. The maximum absolute atomic E-state index is 13.0. The number of hydrogen-bond donors (Lipinski definition) is 2. The van der Waals surface area contributed by atoms with Crippen LogP contribution in [0.2, 0.25) is 0 Å². The predicted octanol–water partition coefficient (Wildman–Crippen LogP) is 2.54. The molecule has 28 heavy (non-hydrogen) atoms. The second-order valence-electron chi connectivity index (χ2n) is 6.70. The Kier molecular flexibility index (Phi) is 8.46. The minimum Gasteiger partial charge on any atom is -0.489 e. The molecular weight excluding hydrogens is 474 g/mol. The molecule has 0 spiro atoms. The molecule has 2 unspecified atom stereocenters. The van der Waals surface area contributed by atoms with E-state index < -0.39 is 0 Å². The van der Waals surface area contributed by atoms with Crippen LogP contribution < -0.4 is 15.4 Å². The zero-order valence-corrected chi connectivity index (χ0v) is 18.8. The topological polar surface area (TPSA) is 76.4 Å². The molecule has 2 N–H and O–H groups in total. The second-order valence-corrected chi connectivity index (χ2v) is 6.70. The smallest absolute Gasteiger partial charge is 0.191 e. The fourth-order valence-corrected chi connectivity index (χ4v) is 3.04. The Morgan fingerprint density at radius 2 is 2.14 bits per heavy atom. The summed E-state index contributed by atoms with van der Waals surface area (Å²) in [6.45, 7) is 5.39. The van der Waals surface area contributed by atoms with Crippen molar-refractivity contribution in [3.8, 4) is 5.75 Å². The van der Waals surface area contributed by atoms with Crippen LogP contribution in [0.1, 0.15) is 31.9 Å². The third-order valence-corrected chi connectivity index (χ3v) is 4.49. The third kappa shape index (κ3) is 6.05. The average molecular weight is 502 g/mol. The van der Waals surface area contributed by atoms with E-state index >= 15 is 0 Å². The number of nitrogens with one attached hydrogen (secondary N) is 2. The van der Waals surface area contributed by atoms with Gasteiger partial charge in [-0.15, -0.1) is 24.0 Å². The van der Waals surface area contributed by atoms with E-state index in [1.165, 1.54) is 12.1 Å². The Hall–Kier alpha value is -1.91. The van der Waals surface area contributed by atoms with Crippen LogP contribution in [0.5, 0.6) is 5.75 Å². The number of aryl methyl sites for hydroxylation is 2. The molecule has 1 aliphatic rings. The molecule has 9 heteroatoms. The third-order valence-electron chi connectivity index (χ3n) is 4.49. The normalized spacial score (nSPS) is 17.3. The monoisotopic (exact) mass is 502 g/mol. The van der Waals surface area contributed by atoms with E-state index in [0.29, 0.717) is 12.3 Å². The number of halogens is 2. The molecule has 2 aromatic rings. The first-order chi connectivity index (χ1) is 13.1. The number of ether oxygens (including phenoxy) is 1. The van der Waals surface area contributed by atoms with Gasteiger partial charge in [-0.2, -0.15) is 5.10 Å². The van der Waals surface area contributed by atoms with Gasteiger partial charge in [-0.05, 0) is 37.6 Å². The Balaban J connectivity index is 0.00000280. The SMILES string of the molecule is CCc1nc2n(n1)CC(NC(=NC)NCC(C)Oc1ccc(F)cc1)CC2.I. The number of nitrogens with zero attached hydrogens (tertiary/aromatic N) is 4. The molecule has 1 aliphatic heterocycles. The maximum Gasteiger partial charge on any atom is 0.191 e. The van der Waals surface area contributed by atoms with Gasteiger partial charge >= 0.3 is 0 Å².